The highest BCUT2D eigenvalue weighted by molar-refractivity contribution is 6.36. The molecule has 150 valence electrons. The Labute approximate surface area is 178 Å². The highest BCUT2D eigenvalue weighted by Gasteiger charge is 2.39. The molecule has 30 heavy (non-hydrogen) atoms. The lowest BCUT2D eigenvalue weighted by atomic mass is 10.0. The van der Waals surface area contributed by atoms with Gasteiger partial charge < -0.3 is 5.32 Å². The van der Waals surface area contributed by atoms with E-state index >= 15 is 0 Å². The van der Waals surface area contributed by atoms with E-state index < -0.39 is 11.8 Å². The number of halogens is 2. The van der Waals surface area contributed by atoms with Gasteiger partial charge in [-0.2, -0.15) is 0 Å². The first-order valence-corrected chi connectivity index (χ1v) is 9.75. The van der Waals surface area contributed by atoms with Crippen LogP contribution in [-0.2, 0) is 16.1 Å². The van der Waals surface area contributed by atoms with E-state index in [-0.39, 0.29) is 18.1 Å². The molecule has 1 heterocycles. The Hall–Kier alpha value is -3.44. The molecule has 2 amide bonds. The van der Waals surface area contributed by atoms with Crippen molar-refractivity contribution in [1.29, 1.82) is 0 Å². The Morgan fingerprint density at radius 2 is 1.63 bits per heavy atom. The third-order valence-electron chi connectivity index (χ3n) is 4.93. The lowest BCUT2D eigenvalue weighted by molar-refractivity contribution is -0.137. The summed E-state index contributed by atoms with van der Waals surface area (Å²) in [6, 6.07) is 20.1. The van der Waals surface area contributed by atoms with Gasteiger partial charge in [0.25, 0.3) is 11.8 Å². The van der Waals surface area contributed by atoms with Crippen molar-refractivity contribution in [2.45, 2.75) is 13.5 Å². The monoisotopic (exact) mass is 420 g/mol. The van der Waals surface area contributed by atoms with Crippen LogP contribution in [0.15, 0.2) is 78.5 Å². The lowest BCUT2D eigenvalue weighted by Gasteiger charge is -2.15. The SMILES string of the molecule is Cc1ccc(NC2=C(c3ccccc3)C(=O)N(Cc3ccc(F)cc3)C2=O)cc1Cl. The molecule has 0 fully saturated rings. The Morgan fingerprint density at radius 3 is 2.30 bits per heavy atom. The highest BCUT2D eigenvalue weighted by atomic mass is 35.5. The molecule has 1 aliphatic heterocycles. The molecule has 1 N–H and O–H groups in total. The molecule has 0 spiro atoms. The minimum absolute atomic E-state index is 0.0497. The van der Waals surface area contributed by atoms with E-state index in [0.717, 1.165) is 10.5 Å². The second kappa shape index (κ2) is 8.13. The van der Waals surface area contributed by atoms with Gasteiger partial charge in [0.15, 0.2) is 0 Å². The molecule has 0 radical (unpaired) electrons. The molecule has 0 aliphatic carbocycles. The first-order valence-electron chi connectivity index (χ1n) is 9.37. The largest absolute Gasteiger partial charge is 0.350 e. The van der Waals surface area contributed by atoms with Crippen molar-refractivity contribution < 1.29 is 14.0 Å². The molecule has 1 aliphatic rings. The van der Waals surface area contributed by atoms with Gasteiger partial charge in [0.2, 0.25) is 0 Å². The first-order chi connectivity index (χ1) is 14.4. The molecule has 4 nitrogen and oxygen atoms in total. The zero-order valence-electron chi connectivity index (χ0n) is 16.2. The van der Waals surface area contributed by atoms with Crippen molar-refractivity contribution in [3.8, 4) is 0 Å². The number of hydrogen-bond acceptors (Lipinski definition) is 3. The Kier molecular flexibility index (Phi) is 5.38. The van der Waals surface area contributed by atoms with Crippen molar-refractivity contribution in [2.75, 3.05) is 5.32 Å². The number of rotatable bonds is 5. The molecule has 0 saturated heterocycles. The number of carbonyl (C=O) groups excluding carboxylic acids is 2. The van der Waals surface area contributed by atoms with E-state index in [4.69, 9.17) is 11.6 Å². The number of hydrogen-bond donors (Lipinski definition) is 1. The topological polar surface area (TPSA) is 49.4 Å². The number of amides is 2. The summed E-state index contributed by atoms with van der Waals surface area (Å²) in [5.74, 6) is -1.23. The third-order valence-corrected chi connectivity index (χ3v) is 5.33. The molecule has 0 bridgehead atoms. The number of benzene rings is 3. The predicted octanol–water partition coefficient (Wildman–Crippen LogP) is 5.18. The van der Waals surface area contributed by atoms with Crippen molar-refractivity contribution in [3.63, 3.8) is 0 Å². The fraction of sp³-hybridized carbons (Fsp3) is 0.0833. The average Bonchev–Trinajstić information content (AvgIpc) is 2.97. The average molecular weight is 421 g/mol. The summed E-state index contributed by atoms with van der Waals surface area (Å²) >= 11 is 6.22. The third kappa shape index (κ3) is 3.84. The van der Waals surface area contributed by atoms with Crippen LogP contribution in [-0.4, -0.2) is 16.7 Å². The van der Waals surface area contributed by atoms with E-state index in [1.165, 1.54) is 12.1 Å². The van der Waals surface area contributed by atoms with E-state index in [1.807, 2.05) is 31.2 Å². The van der Waals surface area contributed by atoms with Gasteiger partial charge >= 0.3 is 0 Å². The number of aryl methyl sites for hydroxylation is 1. The van der Waals surface area contributed by atoms with Crippen molar-refractivity contribution in [3.05, 3.63) is 106 Å². The fourth-order valence-electron chi connectivity index (χ4n) is 3.30. The molecule has 0 aromatic heterocycles. The highest BCUT2D eigenvalue weighted by Crippen LogP contribution is 2.32. The fourth-order valence-corrected chi connectivity index (χ4v) is 3.48. The number of anilines is 1. The Balaban J connectivity index is 1.72. The zero-order chi connectivity index (χ0) is 21.3. The lowest BCUT2D eigenvalue weighted by Crippen LogP contribution is -2.32. The second-order valence-electron chi connectivity index (χ2n) is 7.03. The molecule has 4 rings (SSSR count). The standard InChI is InChI=1S/C24H18ClFN2O2/c1-15-7-12-19(13-20(15)25)27-22-21(17-5-3-2-4-6-17)23(29)28(24(22)30)14-16-8-10-18(26)11-9-16/h2-13,27H,14H2,1H3. The number of carbonyl (C=O) groups is 2. The van der Waals surface area contributed by atoms with E-state index in [9.17, 15) is 14.0 Å². The summed E-state index contributed by atoms with van der Waals surface area (Å²) in [5, 5.41) is 3.64. The van der Waals surface area contributed by atoms with Crippen LogP contribution in [0.4, 0.5) is 10.1 Å². The zero-order valence-corrected chi connectivity index (χ0v) is 16.9. The van der Waals surface area contributed by atoms with Crippen molar-refractivity contribution >= 4 is 34.7 Å². The number of imide groups is 1. The molecule has 0 unspecified atom stereocenters. The summed E-state index contributed by atoms with van der Waals surface area (Å²) < 4.78 is 13.2. The van der Waals surface area contributed by atoms with Gasteiger partial charge in [-0.15, -0.1) is 0 Å². The summed E-state index contributed by atoms with van der Waals surface area (Å²) in [6.45, 7) is 1.93. The Bertz CT molecular complexity index is 1160. The molecule has 3 aromatic rings. The first kappa shape index (κ1) is 19.9. The van der Waals surface area contributed by atoms with Crippen LogP contribution in [0.2, 0.25) is 5.02 Å². The van der Waals surface area contributed by atoms with Gasteiger partial charge in [-0.1, -0.05) is 60.1 Å². The van der Waals surface area contributed by atoms with Crippen LogP contribution in [0.25, 0.3) is 5.57 Å². The summed E-state index contributed by atoms with van der Waals surface area (Å²) in [7, 11) is 0. The summed E-state index contributed by atoms with van der Waals surface area (Å²) in [4.78, 5) is 27.6. The van der Waals surface area contributed by atoms with E-state index in [1.54, 1.807) is 36.4 Å². The second-order valence-corrected chi connectivity index (χ2v) is 7.44. The van der Waals surface area contributed by atoms with Crippen LogP contribution >= 0.6 is 11.6 Å². The maximum absolute atomic E-state index is 13.2. The minimum atomic E-state index is -0.445. The van der Waals surface area contributed by atoms with Gasteiger partial charge in [0.1, 0.15) is 11.5 Å². The van der Waals surface area contributed by atoms with Crippen molar-refractivity contribution in [2.24, 2.45) is 0 Å². The molecular weight excluding hydrogens is 403 g/mol. The maximum atomic E-state index is 13.2. The van der Waals surface area contributed by atoms with Gasteiger partial charge in [-0.05, 0) is 47.9 Å². The van der Waals surface area contributed by atoms with Crippen LogP contribution in [0.3, 0.4) is 0 Å². The van der Waals surface area contributed by atoms with Gasteiger partial charge in [0, 0.05) is 10.7 Å². The van der Waals surface area contributed by atoms with Gasteiger partial charge in [-0.3, -0.25) is 14.5 Å². The summed E-state index contributed by atoms with van der Waals surface area (Å²) in [5.41, 5.74) is 3.29. The quantitative estimate of drug-likeness (QED) is 0.578. The van der Waals surface area contributed by atoms with Crippen LogP contribution in [0.1, 0.15) is 16.7 Å². The Morgan fingerprint density at radius 1 is 0.933 bits per heavy atom. The number of nitrogens with zero attached hydrogens (tertiary/aromatic N) is 1. The molecule has 0 saturated carbocycles. The smallest absolute Gasteiger partial charge is 0.278 e. The predicted molar refractivity (Wildman–Crippen MR) is 115 cm³/mol. The van der Waals surface area contributed by atoms with Crippen molar-refractivity contribution in [1.82, 2.24) is 4.90 Å². The van der Waals surface area contributed by atoms with E-state index in [2.05, 4.69) is 5.32 Å². The van der Waals surface area contributed by atoms with Gasteiger partial charge in [-0.25, -0.2) is 4.39 Å². The molecule has 6 heteroatoms. The molecule has 3 aromatic carbocycles. The number of nitrogens with one attached hydrogen (secondary N) is 1. The van der Waals surface area contributed by atoms with Crippen LogP contribution in [0.5, 0.6) is 0 Å². The van der Waals surface area contributed by atoms with Crippen LogP contribution < -0.4 is 5.32 Å². The summed E-state index contributed by atoms with van der Waals surface area (Å²) in [6.07, 6.45) is 0. The minimum Gasteiger partial charge on any atom is -0.350 e. The molecular formula is C24H18ClFN2O2. The molecule has 0 atom stereocenters. The maximum Gasteiger partial charge on any atom is 0.278 e. The van der Waals surface area contributed by atoms with Crippen LogP contribution in [0, 0.1) is 12.7 Å². The van der Waals surface area contributed by atoms with Gasteiger partial charge in [0.05, 0.1) is 12.1 Å². The van der Waals surface area contributed by atoms with E-state index in [0.29, 0.717) is 27.4 Å². The normalized spacial score (nSPS) is 13.9.